The molecule has 5 aromatic rings. The van der Waals surface area contributed by atoms with Gasteiger partial charge in [-0.2, -0.15) is 5.10 Å². The molecule has 0 aliphatic rings. The van der Waals surface area contributed by atoms with E-state index < -0.39 is 0 Å². The van der Waals surface area contributed by atoms with Crippen LogP contribution >= 0.6 is 34.3 Å². The quantitative estimate of drug-likeness (QED) is 0.0985. The number of benzene rings is 3. The van der Waals surface area contributed by atoms with Crippen LogP contribution in [0.15, 0.2) is 77.9 Å². The average molecular weight is 755 g/mol. The number of anilines is 1. The van der Waals surface area contributed by atoms with Crippen LogP contribution in [0.5, 0.6) is 11.5 Å². The third kappa shape index (κ3) is 8.48. The zero-order valence-corrected chi connectivity index (χ0v) is 34.9. The molecule has 0 amide bonds. The van der Waals surface area contributed by atoms with Gasteiger partial charge in [-0.1, -0.05) is 94.7 Å². The van der Waals surface area contributed by atoms with Crippen molar-refractivity contribution in [3.63, 3.8) is 0 Å². The van der Waals surface area contributed by atoms with Gasteiger partial charge in [0.2, 0.25) is 0 Å². The second-order valence-electron chi connectivity index (χ2n) is 17.6. The van der Waals surface area contributed by atoms with Crippen molar-refractivity contribution in [2.45, 2.75) is 105 Å². The van der Waals surface area contributed by atoms with E-state index in [1.165, 1.54) is 0 Å². The molecular formula is C44H52ClN3O2S2. The normalized spacial score (nSPS) is 13.1. The molecule has 0 atom stereocenters. The largest absolute Gasteiger partial charge is 0.507 e. The van der Waals surface area contributed by atoms with E-state index in [1.54, 1.807) is 22.7 Å². The molecule has 4 N–H and O–H groups in total. The highest BCUT2D eigenvalue weighted by Gasteiger charge is 2.30. The zero-order valence-electron chi connectivity index (χ0n) is 32.5. The summed E-state index contributed by atoms with van der Waals surface area (Å²) in [7, 11) is 0. The maximum absolute atomic E-state index is 11.5. The highest BCUT2D eigenvalue weighted by Crippen LogP contribution is 2.43. The van der Waals surface area contributed by atoms with Crippen LogP contribution in [-0.4, -0.2) is 21.6 Å². The number of nitrogens with one attached hydrogen (secondary N) is 2. The highest BCUT2D eigenvalue weighted by atomic mass is 35.5. The van der Waals surface area contributed by atoms with E-state index in [4.69, 9.17) is 16.7 Å². The first-order valence-corrected chi connectivity index (χ1v) is 19.6. The Labute approximate surface area is 323 Å². The molecule has 0 aliphatic heterocycles. The fraction of sp³-hybridized carbons (Fsp3) is 0.364. The Morgan fingerprint density at radius 1 is 0.577 bits per heavy atom. The summed E-state index contributed by atoms with van der Waals surface area (Å²) in [5, 5.41) is 37.7. The van der Waals surface area contributed by atoms with Gasteiger partial charge in [-0.05, 0) is 94.5 Å². The van der Waals surface area contributed by atoms with Crippen LogP contribution in [0, 0.1) is 5.41 Å². The first kappa shape index (κ1) is 39.3. The Balaban J connectivity index is 1.58. The first-order chi connectivity index (χ1) is 23.9. The van der Waals surface area contributed by atoms with Gasteiger partial charge in [0.15, 0.2) is 0 Å². The Morgan fingerprint density at radius 3 is 1.38 bits per heavy atom. The van der Waals surface area contributed by atoms with E-state index >= 15 is 0 Å². The molecular weight excluding hydrogens is 702 g/mol. The van der Waals surface area contributed by atoms with Crippen LogP contribution in [-0.2, 0) is 21.7 Å². The van der Waals surface area contributed by atoms with Crippen LogP contribution < -0.4 is 5.43 Å². The average Bonchev–Trinajstić information content (AvgIpc) is 3.71. The fourth-order valence-electron chi connectivity index (χ4n) is 6.09. The summed E-state index contributed by atoms with van der Waals surface area (Å²) in [5.41, 5.74) is 9.23. The van der Waals surface area contributed by atoms with Crippen LogP contribution in [0.3, 0.4) is 0 Å². The monoisotopic (exact) mass is 753 g/mol. The summed E-state index contributed by atoms with van der Waals surface area (Å²) in [4.78, 5) is 3.95. The molecule has 0 aliphatic carbocycles. The van der Waals surface area contributed by atoms with Crippen molar-refractivity contribution in [2.75, 3.05) is 5.43 Å². The molecule has 52 heavy (non-hydrogen) atoms. The number of hydrogen-bond donors (Lipinski definition) is 4. The number of nitrogens with zero attached hydrogens (tertiary/aromatic N) is 1. The Bertz CT molecular complexity index is 2080. The molecule has 8 heteroatoms. The van der Waals surface area contributed by atoms with Gasteiger partial charge in [0, 0.05) is 48.2 Å². The van der Waals surface area contributed by atoms with Crippen molar-refractivity contribution in [2.24, 2.45) is 5.10 Å². The lowest BCUT2D eigenvalue weighted by Gasteiger charge is -2.28. The number of hydrogen-bond acceptors (Lipinski definition) is 7. The van der Waals surface area contributed by atoms with Crippen molar-refractivity contribution in [1.82, 2.24) is 0 Å². The SMILES string of the molecule is CC(C)(C)c1cc(C(=N)c2ccc(-c3ccc(/C(=N/Nc4ccc(Cl)cc4)c4cc(C(C)(C)C)c(O)c(C(C)(C)C)c4)s3)s2)cc(C(C)(C)C)c1O. The number of aromatic hydroxyl groups is 2. The molecule has 3 aromatic carbocycles. The van der Waals surface area contributed by atoms with E-state index in [-0.39, 0.29) is 21.7 Å². The smallest absolute Gasteiger partial charge is 0.123 e. The van der Waals surface area contributed by atoms with E-state index in [1.807, 2.05) is 42.5 Å². The summed E-state index contributed by atoms with van der Waals surface area (Å²) >= 11 is 9.40. The third-order valence-corrected chi connectivity index (χ3v) is 11.7. The van der Waals surface area contributed by atoms with E-state index in [0.29, 0.717) is 22.2 Å². The predicted octanol–water partition coefficient (Wildman–Crippen LogP) is 13.0. The zero-order chi connectivity index (χ0) is 38.6. The molecule has 5 rings (SSSR count). The Hall–Kier alpha value is -3.91. The van der Waals surface area contributed by atoms with Crippen LogP contribution in [0.1, 0.15) is 126 Å². The van der Waals surface area contributed by atoms with Crippen molar-refractivity contribution in [3.8, 4) is 21.3 Å². The molecule has 5 nitrogen and oxygen atoms in total. The number of phenolic OH excluding ortho intramolecular Hbond substituents is 2. The molecule has 0 bridgehead atoms. The van der Waals surface area contributed by atoms with E-state index in [2.05, 4.69) is 119 Å². The lowest BCUT2D eigenvalue weighted by atomic mass is 9.78. The maximum Gasteiger partial charge on any atom is 0.123 e. The highest BCUT2D eigenvalue weighted by molar-refractivity contribution is 7.24. The number of rotatable bonds is 7. The Morgan fingerprint density at radius 2 is 0.962 bits per heavy atom. The van der Waals surface area contributed by atoms with Gasteiger partial charge in [0.05, 0.1) is 21.2 Å². The second-order valence-corrected chi connectivity index (χ2v) is 20.2. The van der Waals surface area contributed by atoms with Gasteiger partial charge in [-0.3, -0.25) is 10.8 Å². The van der Waals surface area contributed by atoms with Crippen LogP contribution in [0.4, 0.5) is 5.69 Å². The maximum atomic E-state index is 11.5. The van der Waals surface area contributed by atoms with Crippen molar-refractivity contribution in [1.29, 1.82) is 5.41 Å². The van der Waals surface area contributed by atoms with Crippen molar-refractivity contribution < 1.29 is 10.2 Å². The third-order valence-electron chi connectivity index (χ3n) is 9.09. The molecule has 0 fully saturated rings. The Kier molecular flexibility index (Phi) is 10.7. The number of halogens is 1. The van der Waals surface area contributed by atoms with Crippen molar-refractivity contribution in [3.05, 3.63) is 121 Å². The summed E-state index contributed by atoms with van der Waals surface area (Å²) < 4.78 is 0. The minimum absolute atomic E-state index is 0.283. The minimum atomic E-state index is -0.300. The molecule has 0 unspecified atom stereocenters. The summed E-state index contributed by atoms with van der Waals surface area (Å²) in [6, 6.07) is 23.8. The van der Waals surface area contributed by atoms with Crippen molar-refractivity contribution >= 4 is 51.4 Å². The molecule has 2 aromatic heterocycles. The van der Waals surface area contributed by atoms with Crippen LogP contribution in [0.2, 0.25) is 5.02 Å². The van der Waals surface area contributed by atoms with Gasteiger partial charge in [-0.25, -0.2) is 0 Å². The fourth-order valence-corrected chi connectivity index (χ4v) is 8.30. The number of thiophene rings is 2. The van der Waals surface area contributed by atoms with Crippen LogP contribution in [0.25, 0.3) is 9.75 Å². The van der Waals surface area contributed by atoms with Gasteiger partial charge in [-0.15, -0.1) is 22.7 Å². The van der Waals surface area contributed by atoms with Gasteiger partial charge < -0.3 is 10.2 Å². The second kappa shape index (κ2) is 14.1. The molecule has 2 heterocycles. The lowest BCUT2D eigenvalue weighted by molar-refractivity contribution is 0.422. The summed E-state index contributed by atoms with van der Waals surface area (Å²) in [5.74, 6) is 0.641. The van der Waals surface area contributed by atoms with E-state index in [9.17, 15) is 15.6 Å². The lowest BCUT2D eigenvalue weighted by Crippen LogP contribution is -2.19. The molecule has 0 radical (unpaired) electrons. The molecule has 274 valence electrons. The summed E-state index contributed by atoms with van der Waals surface area (Å²) in [6.45, 7) is 25.2. The molecule has 0 saturated carbocycles. The van der Waals surface area contributed by atoms with Gasteiger partial charge >= 0.3 is 0 Å². The minimum Gasteiger partial charge on any atom is -0.507 e. The molecule has 0 saturated heterocycles. The van der Waals surface area contributed by atoms with Gasteiger partial charge in [0.25, 0.3) is 0 Å². The van der Waals surface area contributed by atoms with Gasteiger partial charge in [0.1, 0.15) is 17.2 Å². The first-order valence-electron chi connectivity index (χ1n) is 17.6. The predicted molar refractivity (Wildman–Crippen MR) is 225 cm³/mol. The summed E-state index contributed by atoms with van der Waals surface area (Å²) in [6.07, 6.45) is 0. The topological polar surface area (TPSA) is 88.7 Å². The number of phenols is 2. The standard InChI is InChI=1S/C44H52ClN3O2S2/c1-41(2,3)29-21-25(22-30(39(29)49)42(4,5)6)37(46)35-19-17-33(51-35)34-18-20-36(52-34)38(48-47-28-15-13-27(45)14-16-28)26-23-31(43(7,8)9)40(50)32(24-26)44(10,11)12/h13-24,46-47,49-50H,1-12H3/b46-37?,48-38+. The van der Waals surface area contributed by atoms with E-state index in [0.717, 1.165) is 64.3 Å². The number of hydrazone groups is 1. The molecule has 0 spiro atoms.